The predicted octanol–water partition coefficient (Wildman–Crippen LogP) is 4.12. The van der Waals surface area contributed by atoms with Gasteiger partial charge in [0.25, 0.3) is 5.56 Å². The van der Waals surface area contributed by atoms with Crippen molar-refractivity contribution in [2.45, 2.75) is 17.5 Å². The van der Waals surface area contributed by atoms with E-state index in [0.29, 0.717) is 56.5 Å². The van der Waals surface area contributed by atoms with E-state index in [1.54, 1.807) is 36.1 Å². The van der Waals surface area contributed by atoms with E-state index in [-0.39, 0.29) is 18.9 Å². The summed E-state index contributed by atoms with van der Waals surface area (Å²) in [6.07, 6.45) is 1.57. The molecule has 0 saturated carbocycles. The molecule has 0 N–H and O–H groups in total. The summed E-state index contributed by atoms with van der Waals surface area (Å²) in [7, 11) is 1.59. The van der Waals surface area contributed by atoms with Crippen molar-refractivity contribution in [2.24, 2.45) is 0 Å². The Bertz CT molecular complexity index is 1580. The quantitative estimate of drug-likeness (QED) is 0.244. The van der Waals surface area contributed by atoms with Crippen molar-refractivity contribution in [1.82, 2.24) is 19.7 Å². The number of nitrogens with zero attached hydrogens (tertiary/aromatic N) is 4. The summed E-state index contributed by atoms with van der Waals surface area (Å²) >= 11 is 1.31. The number of para-hydroxylation sites is 1. The zero-order chi connectivity index (χ0) is 23.8. The fourth-order valence-corrected chi connectivity index (χ4v) is 4.61. The van der Waals surface area contributed by atoms with Crippen molar-refractivity contribution in [2.75, 3.05) is 13.9 Å². The Balaban J connectivity index is 1.35. The molecule has 11 heteroatoms. The number of methoxy groups -OCH3 is 1. The van der Waals surface area contributed by atoms with Crippen molar-refractivity contribution in [3.63, 3.8) is 0 Å². The maximum absolute atomic E-state index is 13.5. The minimum atomic E-state index is -0.215. The minimum Gasteiger partial charge on any atom is -0.496 e. The van der Waals surface area contributed by atoms with Crippen LogP contribution in [0.25, 0.3) is 22.3 Å². The molecule has 0 atom stereocenters. The van der Waals surface area contributed by atoms with E-state index in [9.17, 15) is 4.79 Å². The van der Waals surface area contributed by atoms with Crippen molar-refractivity contribution >= 4 is 22.7 Å². The Morgan fingerprint density at radius 3 is 2.77 bits per heavy atom. The van der Waals surface area contributed by atoms with Crippen LogP contribution in [0.2, 0.25) is 0 Å². The maximum atomic E-state index is 13.5. The van der Waals surface area contributed by atoms with E-state index in [0.717, 1.165) is 5.56 Å². The van der Waals surface area contributed by atoms with E-state index in [2.05, 4.69) is 10.1 Å². The Kier molecular flexibility index (Phi) is 5.38. The second-order valence-electron chi connectivity index (χ2n) is 7.59. The third-order valence-electron chi connectivity index (χ3n) is 5.45. The molecule has 0 amide bonds. The molecule has 0 aliphatic carbocycles. The molecule has 2 aromatic carbocycles. The highest BCUT2D eigenvalue weighted by atomic mass is 32.2. The fraction of sp³-hybridized carbons (Fsp3) is 0.167. The normalized spacial score (nSPS) is 12.4. The molecule has 0 radical (unpaired) electrons. The van der Waals surface area contributed by atoms with Crippen LogP contribution in [-0.4, -0.2) is 33.6 Å². The lowest BCUT2D eigenvalue weighted by atomic mass is 10.2. The first-order valence-corrected chi connectivity index (χ1v) is 11.6. The monoisotopic (exact) mass is 490 g/mol. The standard InChI is InChI=1S/C24H18N4O6S/c1-30-18-7-3-2-6-15(18)22-26-21(34-27-22)12-35-24-25-17-10-20-19(32-13-33-20)9-16(17)23(29)28(24)11-14-5-4-8-31-14/h2-10H,11-13H2,1H3. The summed E-state index contributed by atoms with van der Waals surface area (Å²) in [4.78, 5) is 22.7. The molecule has 1 aliphatic rings. The minimum absolute atomic E-state index is 0.111. The van der Waals surface area contributed by atoms with Gasteiger partial charge >= 0.3 is 0 Å². The van der Waals surface area contributed by atoms with Crippen LogP contribution in [0.1, 0.15) is 11.7 Å². The third kappa shape index (κ3) is 3.99. The molecular formula is C24H18N4O6S. The molecule has 0 unspecified atom stereocenters. The molecule has 35 heavy (non-hydrogen) atoms. The summed E-state index contributed by atoms with van der Waals surface area (Å²) in [6.45, 7) is 0.335. The Labute approximate surface area is 202 Å². The first-order valence-electron chi connectivity index (χ1n) is 10.6. The fourth-order valence-electron chi connectivity index (χ4n) is 3.78. The molecule has 3 aromatic heterocycles. The van der Waals surface area contributed by atoms with Gasteiger partial charge in [-0.1, -0.05) is 29.1 Å². The predicted molar refractivity (Wildman–Crippen MR) is 126 cm³/mol. The Morgan fingerprint density at radius 1 is 1.09 bits per heavy atom. The molecule has 0 fully saturated rings. The summed E-state index contributed by atoms with van der Waals surface area (Å²) < 4.78 is 28.8. The van der Waals surface area contributed by atoms with E-state index >= 15 is 0 Å². The van der Waals surface area contributed by atoms with Crippen LogP contribution in [-0.2, 0) is 12.3 Å². The van der Waals surface area contributed by atoms with Gasteiger partial charge in [-0.25, -0.2) is 4.98 Å². The van der Waals surface area contributed by atoms with Gasteiger partial charge in [-0.3, -0.25) is 9.36 Å². The Hall–Kier alpha value is -4.25. The SMILES string of the molecule is COc1ccccc1-c1noc(CSc2nc3cc4c(cc3c(=O)n2Cc2ccco2)OCO4)n1. The largest absolute Gasteiger partial charge is 0.496 e. The zero-order valence-corrected chi connectivity index (χ0v) is 19.3. The molecule has 176 valence electrons. The number of furan rings is 1. The summed E-state index contributed by atoms with van der Waals surface area (Å²) in [5.74, 6) is 3.48. The molecule has 1 aliphatic heterocycles. The lowest BCUT2D eigenvalue weighted by Gasteiger charge is -2.12. The lowest BCUT2D eigenvalue weighted by molar-refractivity contribution is 0.174. The van der Waals surface area contributed by atoms with Crippen LogP contribution in [0.15, 0.2) is 73.7 Å². The van der Waals surface area contributed by atoms with Gasteiger partial charge in [0.1, 0.15) is 11.5 Å². The van der Waals surface area contributed by atoms with Crippen LogP contribution >= 0.6 is 11.8 Å². The highest BCUT2D eigenvalue weighted by Crippen LogP contribution is 2.35. The number of benzene rings is 2. The maximum Gasteiger partial charge on any atom is 0.262 e. The second kappa shape index (κ2) is 8.84. The van der Waals surface area contributed by atoms with Crippen LogP contribution < -0.4 is 19.8 Å². The van der Waals surface area contributed by atoms with Gasteiger partial charge < -0.3 is 23.2 Å². The molecule has 10 nitrogen and oxygen atoms in total. The van der Waals surface area contributed by atoms with Gasteiger partial charge in [0.05, 0.1) is 42.1 Å². The molecule has 5 aromatic rings. The average molecular weight is 490 g/mol. The second-order valence-corrected chi connectivity index (χ2v) is 8.53. The smallest absolute Gasteiger partial charge is 0.262 e. The van der Waals surface area contributed by atoms with Crippen LogP contribution in [0, 0.1) is 0 Å². The third-order valence-corrected chi connectivity index (χ3v) is 6.41. The summed E-state index contributed by atoms with van der Waals surface area (Å²) in [5.41, 5.74) is 1.02. The number of aromatic nitrogens is 4. The van der Waals surface area contributed by atoms with Gasteiger partial charge in [0.2, 0.25) is 18.5 Å². The summed E-state index contributed by atoms with van der Waals surface area (Å²) in [5, 5.41) is 5.00. The molecule has 0 spiro atoms. The number of hydrogen-bond donors (Lipinski definition) is 0. The van der Waals surface area contributed by atoms with Crippen molar-refractivity contribution in [1.29, 1.82) is 0 Å². The molecule has 4 heterocycles. The average Bonchev–Trinajstić information content (AvgIpc) is 3.66. The van der Waals surface area contributed by atoms with Gasteiger partial charge in [-0.2, -0.15) is 4.98 Å². The number of ether oxygens (including phenoxy) is 3. The van der Waals surface area contributed by atoms with E-state index in [1.807, 2.05) is 30.3 Å². The number of fused-ring (bicyclic) bond motifs is 2. The van der Waals surface area contributed by atoms with E-state index in [4.69, 9.17) is 28.1 Å². The molecule has 0 saturated heterocycles. The van der Waals surface area contributed by atoms with Crippen LogP contribution in [0.5, 0.6) is 17.2 Å². The molecule has 0 bridgehead atoms. The van der Waals surface area contributed by atoms with Gasteiger partial charge in [0.15, 0.2) is 16.7 Å². The summed E-state index contributed by atoms with van der Waals surface area (Å²) in [6, 6.07) is 14.4. The van der Waals surface area contributed by atoms with Crippen molar-refractivity contribution in [3.8, 4) is 28.6 Å². The first kappa shape index (κ1) is 21.3. The topological polar surface area (TPSA) is 115 Å². The lowest BCUT2D eigenvalue weighted by Crippen LogP contribution is -2.23. The van der Waals surface area contributed by atoms with E-state index in [1.165, 1.54) is 11.8 Å². The van der Waals surface area contributed by atoms with Crippen LogP contribution in [0.4, 0.5) is 0 Å². The van der Waals surface area contributed by atoms with Gasteiger partial charge in [-0.15, -0.1) is 0 Å². The Morgan fingerprint density at radius 2 is 1.94 bits per heavy atom. The van der Waals surface area contributed by atoms with Crippen molar-refractivity contribution < 1.29 is 23.2 Å². The van der Waals surface area contributed by atoms with E-state index < -0.39 is 0 Å². The highest BCUT2D eigenvalue weighted by Gasteiger charge is 2.21. The zero-order valence-electron chi connectivity index (χ0n) is 18.5. The van der Waals surface area contributed by atoms with Crippen molar-refractivity contribution in [3.05, 3.63) is 76.8 Å². The molecular weight excluding hydrogens is 472 g/mol. The van der Waals surface area contributed by atoms with Gasteiger partial charge in [-0.05, 0) is 30.3 Å². The molecule has 6 rings (SSSR count). The highest BCUT2D eigenvalue weighted by molar-refractivity contribution is 7.98. The van der Waals surface area contributed by atoms with Gasteiger partial charge in [0, 0.05) is 6.07 Å². The number of rotatable bonds is 7. The number of thioether (sulfide) groups is 1. The number of hydrogen-bond acceptors (Lipinski definition) is 10. The van der Waals surface area contributed by atoms with Crippen LogP contribution in [0.3, 0.4) is 0 Å². The first-order chi connectivity index (χ1) is 17.2.